The molecule has 0 spiro atoms. The minimum absolute atomic E-state index is 0.154. The largest absolute Gasteiger partial charge is 0.399 e. The van der Waals surface area contributed by atoms with Crippen molar-refractivity contribution in [3.05, 3.63) is 63.6 Å². The summed E-state index contributed by atoms with van der Waals surface area (Å²) in [5.74, 6) is -1.69. The Hall–Kier alpha value is -0.860. The van der Waals surface area contributed by atoms with Gasteiger partial charge in [-0.05, 0) is 29.8 Å². The second-order valence-electron chi connectivity index (χ2n) is 4.76. The van der Waals surface area contributed by atoms with Crippen LogP contribution in [0.25, 0.3) is 0 Å². The van der Waals surface area contributed by atoms with Crippen LogP contribution in [0, 0.1) is 11.6 Å². The monoisotopic (exact) mass is 444 g/mol. The van der Waals surface area contributed by atoms with E-state index in [-0.39, 0.29) is 10.2 Å². The normalized spacial score (nSPS) is 12.5. The van der Waals surface area contributed by atoms with Crippen molar-refractivity contribution in [1.82, 2.24) is 0 Å². The van der Waals surface area contributed by atoms with Crippen molar-refractivity contribution < 1.29 is 31.9 Å². The molecule has 10 heteroatoms. The second kappa shape index (κ2) is 7.17. The number of hydrogen-bond acceptors (Lipinski definition) is 2. The summed E-state index contributed by atoms with van der Waals surface area (Å²) in [5, 5.41) is 0. The molecule has 0 fully saturated rings. The van der Waals surface area contributed by atoms with E-state index in [9.17, 15) is 22.1 Å². The fourth-order valence-electron chi connectivity index (χ4n) is 1.78. The van der Waals surface area contributed by atoms with Crippen molar-refractivity contribution in [2.24, 2.45) is 0 Å². The molecule has 0 aliphatic heterocycles. The lowest BCUT2D eigenvalue weighted by atomic mass is 10.1. The molecule has 2 N–H and O–H groups in total. The quantitative estimate of drug-likeness (QED) is 0.375. The highest BCUT2D eigenvalue weighted by Crippen LogP contribution is 2.60. The van der Waals surface area contributed by atoms with E-state index in [2.05, 4.69) is 15.9 Å². The molecule has 0 aromatic heterocycles. The van der Waals surface area contributed by atoms with Gasteiger partial charge in [-0.25, -0.2) is 8.78 Å². The third-order valence-electron chi connectivity index (χ3n) is 3.02. The summed E-state index contributed by atoms with van der Waals surface area (Å²) >= 11 is 4.04. The fourth-order valence-corrected chi connectivity index (χ4v) is 3.98. The molecular formula is C14H10BrF4O3PS. The minimum atomic E-state index is -5.65. The molecule has 0 aliphatic carbocycles. The van der Waals surface area contributed by atoms with Crippen LogP contribution in [0.2, 0.25) is 0 Å². The maximum Gasteiger partial charge on any atom is 0.399 e. The maximum atomic E-state index is 13.7. The first kappa shape index (κ1) is 19.5. The first-order valence-electron chi connectivity index (χ1n) is 6.32. The Morgan fingerprint density at radius 1 is 1.08 bits per heavy atom. The first-order valence-corrected chi connectivity index (χ1v) is 9.71. The molecule has 0 saturated heterocycles. The van der Waals surface area contributed by atoms with Crippen LogP contribution in [0.3, 0.4) is 0 Å². The van der Waals surface area contributed by atoms with Gasteiger partial charge in [0.15, 0.2) is 11.6 Å². The fraction of sp³-hybridized carbons (Fsp3) is 0.143. The van der Waals surface area contributed by atoms with Crippen molar-refractivity contribution in [2.75, 3.05) is 0 Å². The van der Waals surface area contributed by atoms with Gasteiger partial charge in [-0.15, -0.1) is 11.8 Å². The Balaban J connectivity index is 2.18. The molecule has 0 bridgehead atoms. The number of rotatable bonds is 5. The number of hydrogen-bond donors (Lipinski definition) is 2. The number of benzene rings is 2. The van der Waals surface area contributed by atoms with Gasteiger partial charge in [-0.3, -0.25) is 4.57 Å². The van der Waals surface area contributed by atoms with E-state index in [1.54, 1.807) is 0 Å². The third-order valence-corrected chi connectivity index (χ3v) is 5.71. The number of alkyl halides is 2. The number of thioether (sulfide) groups is 1. The number of halogens is 5. The molecule has 0 saturated carbocycles. The zero-order chi connectivity index (χ0) is 18.1. The molecule has 0 unspecified atom stereocenters. The summed E-state index contributed by atoms with van der Waals surface area (Å²) in [6, 6.07) is 6.89. The zero-order valence-electron chi connectivity index (χ0n) is 11.7. The third kappa shape index (κ3) is 4.21. The molecule has 130 valence electrons. The van der Waals surface area contributed by atoms with E-state index in [1.807, 2.05) is 0 Å². The van der Waals surface area contributed by atoms with Gasteiger partial charge in [0.2, 0.25) is 0 Å². The molecule has 0 heterocycles. The molecule has 24 heavy (non-hydrogen) atoms. The highest BCUT2D eigenvalue weighted by Gasteiger charge is 2.51. The Morgan fingerprint density at radius 2 is 1.75 bits per heavy atom. The highest BCUT2D eigenvalue weighted by molar-refractivity contribution is 9.10. The van der Waals surface area contributed by atoms with Crippen molar-refractivity contribution in [2.45, 2.75) is 16.3 Å². The smallest absolute Gasteiger partial charge is 0.320 e. The predicted molar refractivity (Wildman–Crippen MR) is 86.0 cm³/mol. The van der Waals surface area contributed by atoms with Crippen LogP contribution in [0.15, 0.2) is 45.8 Å². The van der Waals surface area contributed by atoms with E-state index in [1.165, 1.54) is 18.2 Å². The van der Waals surface area contributed by atoms with Gasteiger partial charge in [0.1, 0.15) is 0 Å². The van der Waals surface area contributed by atoms with Crippen LogP contribution in [-0.2, 0) is 16.0 Å². The van der Waals surface area contributed by atoms with E-state index < -0.39 is 30.5 Å². The van der Waals surface area contributed by atoms with Gasteiger partial charge in [0, 0.05) is 20.7 Å². The summed E-state index contributed by atoms with van der Waals surface area (Å²) in [4.78, 5) is 18.0. The first-order chi connectivity index (χ1) is 11.0. The van der Waals surface area contributed by atoms with Crippen LogP contribution in [0.5, 0.6) is 0 Å². The Morgan fingerprint density at radius 3 is 2.29 bits per heavy atom. The van der Waals surface area contributed by atoms with Gasteiger partial charge in [-0.2, -0.15) is 8.78 Å². The SMILES string of the molecule is O=P(O)(O)C(F)(F)c1ccc(CSc2ccc(F)c(F)c2)cc1Br. The van der Waals surface area contributed by atoms with Crippen LogP contribution in [-0.4, -0.2) is 9.79 Å². The van der Waals surface area contributed by atoms with Crippen LogP contribution < -0.4 is 0 Å². The summed E-state index contributed by atoms with van der Waals surface area (Å²) in [6.07, 6.45) is 0. The molecule has 0 aliphatic rings. The van der Waals surface area contributed by atoms with Crippen molar-refractivity contribution in [3.63, 3.8) is 0 Å². The van der Waals surface area contributed by atoms with E-state index >= 15 is 0 Å². The molecule has 0 radical (unpaired) electrons. The highest BCUT2D eigenvalue weighted by atomic mass is 79.9. The summed E-state index contributed by atoms with van der Waals surface area (Å²) in [7, 11) is -5.65. The Labute approximate surface area is 147 Å². The van der Waals surface area contributed by atoms with Crippen LogP contribution >= 0.6 is 35.3 Å². The van der Waals surface area contributed by atoms with Gasteiger partial charge >= 0.3 is 13.3 Å². The molecule has 2 aromatic carbocycles. The van der Waals surface area contributed by atoms with E-state index in [0.717, 1.165) is 30.0 Å². The lowest BCUT2D eigenvalue weighted by Gasteiger charge is -2.19. The van der Waals surface area contributed by atoms with Crippen molar-refractivity contribution in [1.29, 1.82) is 0 Å². The standard InChI is InChI=1S/C14H10BrF4O3PS/c15-11-5-8(1-3-10(11)14(18,19)23(20,21)22)7-24-9-2-4-12(16)13(17)6-9/h1-6H,7H2,(H2,20,21,22). The lowest BCUT2D eigenvalue weighted by Crippen LogP contribution is -2.14. The van der Waals surface area contributed by atoms with Crippen LogP contribution in [0.1, 0.15) is 11.1 Å². The van der Waals surface area contributed by atoms with Gasteiger partial charge in [0.25, 0.3) is 0 Å². The zero-order valence-corrected chi connectivity index (χ0v) is 15.0. The van der Waals surface area contributed by atoms with Crippen molar-refractivity contribution >= 4 is 35.3 Å². The van der Waals surface area contributed by atoms with Crippen LogP contribution in [0.4, 0.5) is 17.6 Å². The molecular weight excluding hydrogens is 435 g/mol. The van der Waals surface area contributed by atoms with Gasteiger partial charge in [0.05, 0.1) is 0 Å². The molecule has 0 amide bonds. The van der Waals surface area contributed by atoms with E-state index in [4.69, 9.17) is 9.79 Å². The average molecular weight is 445 g/mol. The predicted octanol–water partition coefficient (Wildman–Crippen LogP) is 5.25. The molecule has 3 nitrogen and oxygen atoms in total. The van der Waals surface area contributed by atoms with Gasteiger partial charge < -0.3 is 9.79 Å². The Bertz CT molecular complexity index is 813. The molecule has 0 atom stereocenters. The topological polar surface area (TPSA) is 57.5 Å². The lowest BCUT2D eigenvalue weighted by molar-refractivity contribution is 0.0557. The Kier molecular flexibility index (Phi) is 5.82. The summed E-state index contributed by atoms with van der Waals surface area (Å²) < 4.78 is 64.1. The van der Waals surface area contributed by atoms with Gasteiger partial charge in [-0.1, -0.05) is 28.1 Å². The molecule has 2 aromatic rings. The summed E-state index contributed by atoms with van der Waals surface area (Å²) in [6.45, 7) is 0. The summed E-state index contributed by atoms with van der Waals surface area (Å²) in [5.41, 5.74) is -4.57. The average Bonchev–Trinajstić information content (AvgIpc) is 2.47. The van der Waals surface area contributed by atoms with Crippen molar-refractivity contribution in [3.8, 4) is 0 Å². The maximum absolute atomic E-state index is 13.7. The van der Waals surface area contributed by atoms with E-state index in [0.29, 0.717) is 10.5 Å². The molecule has 2 rings (SSSR count). The second-order valence-corrected chi connectivity index (χ2v) is 8.32. The minimum Gasteiger partial charge on any atom is -0.320 e.